The standard InChI is InChI=1S/C11H9ClO2S/c1-8-10-5-3-2-4-9(10)6-7-11(8)15(12,13)14/h2-7H,1H3. The summed E-state index contributed by atoms with van der Waals surface area (Å²) in [7, 11) is 1.68. The summed E-state index contributed by atoms with van der Waals surface area (Å²) in [5.41, 5.74) is 0.697. The highest BCUT2D eigenvalue weighted by atomic mass is 35.7. The van der Waals surface area contributed by atoms with Crippen molar-refractivity contribution in [2.75, 3.05) is 0 Å². The van der Waals surface area contributed by atoms with E-state index in [1.807, 2.05) is 24.3 Å². The van der Waals surface area contributed by atoms with Crippen molar-refractivity contribution in [1.82, 2.24) is 0 Å². The molecule has 0 saturated heterocycles. The summed E-state index contributed by atoms with van der Waals surface area (Å²) in [6.45, 7) is 1.76. The molecule has 78 valence electrons. The van der Waals surface area contributed by atoms with Crippen molar-refractivity contribution in [3.8, 4) is 0 Å². The van der Waals surface area contributed by atoms with Gasteiger partial charge in [0, 0.05) is 10.7 Å². The van der Waals surface area contributed by atoms with E-state index in [0.29, 0.717) is 5.56 Å². The summed E-state index contributed by atoms with van der Waals surface area (Å²) in [6.07, 6.45) is 0. The molecule has 0 aliphatic rings. The second kappa shape index (κ2) is 3.51. The van der Waals surface area contributed by atoms with Gasteiger partial charge in [-0.2, -0.15) is 0 Å². The molecule has 0 saturated carbocycles. The van der Waals surface area contributed by atoms with Crippen LogP contribution in [0, 0.1) is 6.92 Å². The van der Waals surface area contributed by atoms with Gasteiger partial charge in [0.15, 0.2) is 0 Å². The maximum Gasteiger partial charge on any atom is 0.261 e. The van der Waals surface area contributed by atoms with Crippen molar-refractivity contribution < 1.29 is 8.42 Å². The van der Waals surface area contributed by atoms with Crippen LogP contribution >= 0.6 is 10.7 Å². The molecular weight excluding hydrogens is 232 g/mol. The van der Waals surface area contributed by atoms with Gasteiger partial charge in [0.1, 0.15) is 0 Å². The Bertz CT molecular complexity index is 618. The molecule has 0 amide bonds. The smallest absolute Gasteiger partial charge is 0.207 e. The summed E-state index contributed by atoms with van der Waals surface area (Å²) in [5, 5.41) is 1.93. The zero-order chi connectivity index (χ0) is 11.1. The molecule has 0 bridgehead atoms. The van der Waals surface area contributed by atoms with Crippen molar-refractivity contribution in [3.05, 3.63) is 42.0 Å². The predicted octanol–water partition coefficient (Wildman–Crippen LogP) is 3.08. The van der Waals surface area contributed by atoms with Crippen molar-refractivity contribution in [2.45, 2.75) is 11.8 Å². The van der Waals surface area contributed by atoms with E-state index in [-0.39, 0.29) is 4.90 Å². The minimum Gasteiger partial charge on any atom is -0.207 e. The molecule has 0 atom stereocenters. The molecule has 0 aliphatic carbocycles. The molecule has 2 aromatic rings. The van der Waals surface area contributed by atoms with Gasteiger partial charge in [-0.05, 0) is 29.3 Å². The predicted molar refractivity (Wildman–Crippen MR) is 61.7 cm³/mol. The van der Waals surface area contributed by atoms with Crippen LogP contribution < -0.4 is 0 Å². The first-order valence-corrected chi connectivity index (χ1v) is 6.74. The van der Waals surface area contributed by atoms with E-state index in [1.165, 1.54) is 0 Å². The van der Waals surface area contributed by atoms with Crippen molar-refractivity contribution in [2.24, 2.45) is 0 Å². The third kappa shape index (κ3) is 1.85. The molecule has 0 aliphatic heterocycles. The first-order valence-electron chi connectivity index (χ1n) is 4.43. The second-order valence-electron chi connectivity index (χ2n) is 3.35. The van der Waals surface area contributed by atoms with Crippen LogP contribution in [0.4, 0.5) is 0 Å². The van der Waals surface area contributed by atoms with E-state index >= 15 is 0 Å². The first kappa shape index (κ1) is 10.5. The molecule has 0 radical (unpaired) electrons. The number of rotatable bonds is 1. The van der Waals surface area contributed by atoms with Crippen LogP contribution in [0.15, 0.2) is 41.3 Å². The van der Waals surface area contributed by atoms with E-state index in [0.717, 1.165) is 10.8 Å². The summed E-state index contributed by atoms with van der Waals surface area (Å²) >= 11 is 0. The van der Waals surface area contributed by atoms with Gasteiger partial charge in [-0.3, -0.25) is 0 Å². The summed E-state index contributed by atoms with van der Waals surface area (Å²) in [5.74, 6) is 0. The Balaban J connectivity index is 2.88. The van der Waals surface area contributed by atoms with Crippen LogP contribution in [-0.2, 0) is 9.05 Å². The van der Waals surface area contributed by atoms with E-state index < -0.39 is 9.05 Å². The third-order valence-corrected chi connectivity index (χ3v) is 3.88. The average Bonchev–Trinajstić information content (AvgIpc) is 2.16. The molecule has 2 rings (SSSR count). The van der Waals surface area contributed by atoms with Crippen LogP contribution in [0.5, 0.6) is 0 Å². The monoisotopic (exact) mass is 240 g/mol. The Kier molecular flexibility index (Phi) is 2.44. The number of halogens is 1. The molecule has 2 nitrogen and oxygen atoms in total. The lowest BCUT2D eigenvalue weighted by Gasteiger charge is -2.05. The normalized spacial score (nSPS) is 11.9. The molecule has 0 heterocycles. The van der Waals surface area contributed by atoms with Gasteiger partial charge in [0.2, 0.25) is 0 Å². The topological polar surface area (TPSA) is 34.1 Å². The quantitative estimate of drug-likeness (QED) is 0.718. The molecule has 0 unspecified atom stereocenters. The van der Waals surface area contributed by atoms with Gasteiger partial charge < -0.3 is 0 Å². The number of benzene rings is 2. The lowest BCUT2D eigenvalue weighted by atomic mass is 10.1. The van der Waals surface area contributed by atoms with Crippen LogP contribution in [-0.4, -0.2) is 8.42 Å². The van der Waals surface area contributed by atoms with Crippen molar-refractivity contribution in [3.63, 3.8) is 0 Å². The Labute approximate surface area is 92.9 Å². The molecule has 15 heavy (non-hydrogen) atoms. The Morgan fingerprint density at radius 2 is 1.73 bits per heavy atom. The van der Waals surface area contributed by atoms with Crippen molar-refractivity contribution >= 4 is 30.5 Å². The molecular formula is C11H9ClO2S. The first-order chi connectivity index (χ1) is 7.00. The highest BCUT2D eigenvalue weighted by molar-refractivity contribution is 8.13. The fourth-order valence-corrected chi connectivity index (χ4v) is 2.88. The van der Waals surface area contributed by atoms with E-state index in [1.54, 1.807) is 19.1 Å². The lowest BCUT2D eigenvalue weighted by molar-refractivity contribution is 0.609. The highest BCUT2D eigenvalue weighted by Crippen LogP contribution is 2.26. The Morgan fingerprint density at radius 1 is 1.07 bits per heavy atom. The van der Waals surface area contributed by atoms with E-state index in [9.17, 15) is 8.42 Å². The number of hydrogen-bond acceptors (Lipinski definition) is 2. The minimum absolute atomic E-state index is 0.183. The molecule has 0 aromatic heterocycles. The molecule has 0 spiro atoms. The summed E-state index contributed by atoms with van der Waals surface area (Å²) in [4.78, 5) is 0.183. The van der Waals surface area contributed by atoms with Gasteiger partial charge in [0.25, 0.3) is 9.05 Å². The van der Waals surface area contributed by atoms with Gasteiger partial charge in [-0.25, -0.2) is 8.42 Å². The maximum absolute atomic E-state index is 11.3. The number of hydrogen-bond donors (Lipinski definition) is 0. The van der Waals surface area contributed by atoms with Crippen LogP contribution in [0.2, 0.25) is 0 Å². The fourth-order valence-electron chi connectivity index (χ4n) is 1.67. The number of fused-ring (bicyclic) bond motifs is 1. The Morgan fingerprint density at radius 3 is 2.40 bits per heavy atom. The molecule has 0 N–H and O–H groups in total. The lowest BCUT2D eigenvalue weighted by Crippen LogP contribution is -1.94. The van der Waals surface area contributed by atoms with E-state index in [2.05, 4.69) is 0 Å². The van der Waals surface area contributed by atoms with Crippen molar-refractivity contribution in [1.29, 1.82) is 0 Å². The van der Waals surface area contributed by atoms with Crippen LogP contribution in [0.1, 0.15) is 5.56 Å². The molecule has 4 heteroatoms. The highest BCUT2D eigenvalue weighted by Gasteiger charge is 2.14. The summed E-state index contributed by atoms with van der Waals surface area (Å²) in [6, 6.07) is 10.9. The maximum atomic E-state index is 11.3. The summed E-state index contributed by atoms with van der Waals surface area (Å²) < 4.78 is 22.5. The van der Waals surface area contributed by atoms with Gasteiger partial charge in [0.05, 0.1) is 4.90 Å². The minimum atomic E-state index is -3.65. The van der Waals surface area contributed by atoms with Crippen LogP contribution in [0.25, 0.3) is 10.8 Å². The Hall–Kier alpha value is -1.06. The largest absolute Gasteiger partial charge is 0.261 e. The average molecular weight is 241 g/mol. The van der Waals surface area contributed by atoms with Crippen LogP contribution in [0.3, 0.4) is 0 Å². The van der Waals surface area contributed by atoms with Gasteiger partial charge in [-0.15, -0.1) is 0 Å². The van der Waals surface area contributed by atoms with Gasteiger partial charge >= 0.3 is 0 Å². The van der Waals surface area contributed by atoms with Gasteiger partial charge in [-0.1, -0.05) is 30.3 Å². The molecule has 2 aromatic carbocycles. The SMILES string of the molecule is Cc1c(S(=O)(=O)Cl)ccc2ccccc12. The number of aryl methyl sites for hydroxylation is 1. The molecule has 0 fully saturated rings. The zero-order valence-electron chi connectivity index (χ0n) is 8.07. The van der Waals surface area contributed by atoms with E-state index in [4.69, 9.17) is 10.7 Å². The second-order valence-corrected chi connectivity index (χ2v) is 5.88. The fraction of sp³-hybridized carbons (Fsp3) is 0.0909. The zero-order valence-corrected chi connectivity index (χ0v) is 9.64. The third-order valence-electron chi connectivity index (χ3n) is 2.41.